The first-order valence-electron chi connectivity index (χ1n) is 5.49. The summed E-state index contributed by atoms with van der Waals surface area (Å²) in [7, 11) is 1.89. The molecule has 3 rings (SSSR count). The van der Waals surface area contributed by atoms with Crippen LogP contribution < -0.4 is 11.1 Å². The van der Waals surface area contributed by atoms with Gasteiger partial charge in [0, 0.05) is 18.9 Å². The third-order valence-corrected chi connectivity index (χ3v) is 2.77. The van der Waals surface area contributed by atoms with E-state index >= 15 is 0 Å². The van der Waals surface area contributed by atoms with E-state index in [-0.39, 0.29) is 0 Å². The molecule has 0 radical (unpaired) electrons. The van der Waals surface area contributed by atoms with E-state index in [1.165, 1.54) is 6.33 Å². The molecular weight excluding hydrogens is 228 g/mol. The van der Waals surface area contributed by atoms with E-state index in [0.29, 0.717) is 5.95 Å². The summed E-state index contributed by atoms with van der Waals surface area (Å²) in [6.07, 6.45) is 3.19. The number of anilines is 3. The van der Waals surface area contributed by atoms with Gasteiger partial charge in [-0.1, -0.05) is 0 Å². The lowest BCUT2D eigenvalue weighted by Crippen LogP contribution is -1.96. The molecule has 2 aromatic heterocycles. The minimum atomic E-state index is 0.504. The third-order valence-electron chi connectivity index (χ3n) is 2.77. The van der Waals surface area contributed by atoms with Crippen molar-refractivity contribution >= 4 is 28.5 Å². The number of fused-ring (bicyclic) bond motifs is 1. The van der Waals surface area contributed by atoms with Gasteiger partial charge in [-0.05, 0) is 24.3 Å². The van der Waals surface area contributed by atoms with Crippen molar-refractivity contribution < 1.29 is 0 Å². The number of hydrogen-bond donors (Lipinski definition) is 2. The Kier molecular flexibility index (Phi) is 2.33. The van der Waals surface area contributed by atoms with Gasteiger partial charge in [0.2, 0.25) is 5.95 Å². The van der Waals surface area contributed by atoms with E-state index < -0.39 is 0 Å². The van der Waals surface area contributed by atoms with Crippen molar-refractivity contribution in [3.05, 3.63) is 36.8 Å². The number of benzene rings is 1. The van der Waals surface area contributed by atoms with E-state index in [9.17, 15) is 0 Å². The molecule has 3 N–H and O–H groups in total. The summed E-state index contributed by atoms with van der Waals surface area (Å²) in [5.41, 5.74) is 8.54. The highest BCUT2D eigenvalue weighted by Gasteiger charge is 2.05. The molecule has 0 spiro atoms. The molecule has 18 heavy (non-hydrogen) atoms. The van der Waals surface area contributed by atoms with Crippen molar-refractivity contribution in [1.82, 2.24) is 19.5 Å². The van der Waals surface area contributed by atoms with Gasteiger partial charge < -0.3 is 15.6 Å². The van der Waals surface area contributed by atoms with Crippen LogP contribution >= 0.6 is 0 Å². The standard InChI is InChI=1S/C12H12N6/c1-18-10-3-2-8(6-9(10)17-12(18)13)16-11-4-5-14-7-15-11/h2-7H,1H3,(H2,13,17)(H,14,15,16). The molecule has 0 amide bonds. The predicted octanol–water partition coefficient (Wildman–Crippen LogP) is 1.69. The van der Waals surface area contributed by atoms with Crippen LogP contribution in [-0.4, -0.2) is 19.5 Å². The van der Waals surface area contributed by atoms with Gasteiger partial charge in [-0.25, -0.2) is 15.0 Å². The molecule has 0 bridgehead atoms. The molecule has 3 aromatic rings. The predicted molar refractivity (Wildman–Crippen MR) is 70.4 cm³/mol. The highest BCUT2D eigenvalue weighted by atomic mass is 15.1. The zero-order chi connectivity index (χ0) is 12.5. The van der Waals surface area contributed by atoms with Crippen LogP contribution in [0.5, 0.6) is 0 Å². The minimum absolute atomic E-state index is 0.504. The Morgan fingerprint density at radius 2 is 2.17 bits per heavy atom. The second kappa shape index (κ2) is 3.99. The maximum absolute atomic E-state index is 5.77. The smallest absolute Gasteiger partial charge is 0.200 e. The second-order valence-electron chi connectivity index (χ2n) is 3.95. The van der Waals surface area contributed by atoms with Crippen molar-refractivity contribution in [2.75, 3.05) is 11.1 Å². The van der Waals surface area contributed by atoms with Gasteiger partial charge in [-0.2, -0.15) is 0 Å². The normalized spacial score (nSPS) is 10.7. The van der Waals surface area contributed by atoms with Crippen LogP contribution in [0.4, 0.5) is 17.5 Å². The summed E-state index contributed by atoms with van der Waals surface area (Å²) in [4.78, 5) is 12.3. The van der Waals surface area contributed by atoms with Gasteiger partial charge in [0.25, 0.3) is 0 Å². The van der Waals surface area contributed by atoms with Crippen molar-refractivity contribution in [1.29, 1.82) is 0 Å². The van der Waals surface area contributed by atoms with Gasteiger partial charge in [0.15, 0.2) is 0 Å². The van der Waals surface area contributed by atoms with Gasteiger partial charge in [-0.3, -0.25) is 0 Å². The lowest BCUT2D eigenvalue weighted by atomic mass is 10.2. The Labute approximate surface area is 104 Å². The maximum atomic E-state index is 5.77. The largest absolute Gasteiger partial charge is 0.369 e. The molecule has 0 saturated heterocycles. The maximum Gasteiger partial charge on any atom is 0.200 e. The molecule has 0 saturated carbocycles. The molecule has 0 fully saturated rings. The topological polar surface area (TPSA) is 81.7 Å². The monoisotopic (exact) mass is 240 g/mol. The Hall–Kier alpha value is -2.63. The zero-order valence-electron chi connectivity index (χ0n) is 9.83. The zero-order valence-corrected chi connectivity index (χ0v) is 9.83. The fourth-order valence-corrected chi connectivity index (χ4v) is 1.81. The first kappa shape index (κ1) is 10.5. The lowest BCUT2D eigenvalue weighted by molar-refractivity contribution is 0.965. The van der Waals surface area contributed by atoms with Crippen LogP contribution in [0.1, 0.15) is 0 Å². The van der Waals surface area contributed by atoms with Crippen molar-refractivity contribution in [2.45, 2.75) is 0 Å². The average Bonchev–Trinajstić information content (AvgIpc) is 2.66. The summed E-state index contributed by atoms with van der Waals surface area (Å²) in [6.45, 7) is 0. The third kappa shape index (κ3) is 1.73. The molecule has 1 aromatic carbocycles. The van der Waals surface area contributed by atoms with Crippen molar-refractivity contribution in [3.8, 4) is 0 Å². The summed E-state index contributed by atoms with van der Waals surface area (Å²) < 4.78 is 1.85. The van der Waals surface area contributed by atoms with E-state index in [0.717, 1.165) is 22.5 Å². The van der Waals surface area contributed by atoms with Crippen LogP contribution in [0.15, 0.2) is 36.8 Å². The fourth-order valence-electron chi connectivity index (χ4n) is 1.81. The van der Waals surface area contributed by atoms with E-state index in [2.05, 4.69) is 20.3 Å². The number of nitrogens with one attached hydrogen (secondary N) is 1. The first-order valence-corrected chi connectivity index (χ1v) is 5.49. The minimum Gasteiger partial charge on any atom is -0.369 e. The Balaban J connectivity index is 1.99. The van der Waals surface area contributed by atoms with E-state index in [1.54, 1.807) is 12.3 Å². The Morgan fingerprint density at radius 1 is 1.28 bits per heavy atom. The lowest BCUT2D eigenvalue weighted by Gasteiger charge is -2.04. The van der Waals surface area contributed by atoms with Gasteiger partial charge in [0.05, 0.1) is 11.0 Å². The summed E-state index contributed by atoms with van der Waals surface area (Å²) in [5, 5.41) is 3.18. The van der Waals surface area contributed by atoms with Crippen molar-refractivity contribution in [2.24, 2.45) is 7.05 Å². The van der Waals surface area contributed by atoms with Gasteiger partial charge in [0.1, 0.15) is 12.1 Å². The molecule has 0 atom stereocenters. The molecule has 0 aliphatic rings. The highest BCUT2D eigenvalue weighted by molar-refractivity contribution is 5.82. The highest BCUT2D eigenvalue weighted by Crippen LogP contribution is 2.22. The number of aryl methyl sites for hydroxylation is 1. The first-order chi connectivity index (χ1) is 8.74. The van der Waals surface area contributed by atoms with Crippen LogP contribution in [-0.2, 0) is 7.05 Å². The van der Waals surface area contributed by atoms with Crippen LogP contribution in [0.2, 0.25) is 0 Å². The van der Waals surface area contributed by atoms with E-state index in [4.69, 9.17) is 5.73 Å². The van der Waals surface area contributed by atoms with Gasteiger partial charge >= 0.3 is 0 Å². The molecular formula is C12H12N6. The molecule has 0 aliphatic heterocycles. The second-order valence-corrected chi connectivity index (χ2v) is 3.95. The molecule has 6 nitrogen and oxygen atoms in total. The number of nitrogens with two attached hydrogens (primary N) is 1. The van der Waals surface area contributed by atoms with Crippen molar-refractivity contribution in [3.63, 3.8) is 0 Å². The number of hydrogen-bond acceptors (Lipinski definition) is 5. The number of nitrogens with zero attached hydrogens (tertiary/aromatic N) is 4. The molecule has 0 unspecified atom stereocenters. The Morgan fingerprint density at radius 3 is 2.94 bits per heavy atom. The van der Waals surface area contributed by atoms with Crippen LogP contribution in [0, 0.1) is 0 Å². The number of nitrogen functional groups attached to an aromatic ring is 1. The molecule has 6 heteroatoms. The number of aromatic nitrogens is 4. The van der Waals surface area contributed by atoms with Crippen LogP contribution in [0.3, 0.4) is 0 Å². The number of imidazole rings is 1. The summed E-state index contributed by atoms with van der Waals surface area (Å²) in [5.74, 6) is 1.25. The fraction of sp³-hybridized carbons (Fsp3) is 0.0833. The van der Waals surface area contributed by atoms with Crippen LogP contribution in [0.25, 0.3) is 11.0 Å². The van der Waals surface area contributed by atoms with E-state index in [1.807, 2.05) is 29.8 Å². The molecule has 90 valence electrons. The SMILES string of the molecule is Cn1c(N)nc2cc(Nc3ccncn3)ccc21. The summed E-state index contributed by atoms with van der Waals surface area (Å²) in [6, 6.07) is 7.68. The average molecular weight is 240 g/mol. The number of rotatable bonds is 2. The Bertz CT molecular complexity index is 688. The van der Waals surface area contributed by atoms with Gasteiger partial charge in [-0.15, -0.1) is 0 Å². The molecule has 0 aliphatic carbocycles. The molecule has 2 heterocycles. The summed E-state index contributed by atoms with van der Waals surface area (Å²) >= 11 is 0. The quantitative estimate of drug-likeness (QED) is 0.712.